The molecule has 0 aliphatic rings. The first-order valence-corrected chi connectivity index (χ1v) is 11.4. The van der Waals surface area contributed by atoms with Crippen molar-refractivity contribution in [3.05, 3.63) is 96.1 Å². The first kappa shape index (κ1) is 21.3. The van der Waals surface area contributed by atoms with Gasteiger partial charge >= 0.3 is 0 Å². The molecule has 174 valence electrons. The normalized spacial score (nSPS) is 11.2. The van der Waals surface area contributed by atoms with Crippen LogP contribution in [0.5, 0.6) is 0 Å². The molecule has 0 spiro atoms. The number of para-hydroxylation sites is 2. The zero-order valence-corrected chi connectivity index (χ0v) is 19.1. The van der Waals surface area contributed by atoms with Crippen molar-refractivity contribution in [1.29, 1.82) is 10.8 Å². The van der Waals surface area contributed by atoms with Gasteiger partial charge < -0.3 is 21.4 Å². The van der Waals surface area contributed by atoms with Crippen LogP contribution < -0.4 is 11.5 Å². The number of nitrogens with two attached hydrogens (primary N) is 2. The number of amidine groups is 2. The molecule has 8 nitrogen and oxygen atoms in total. The summed E-state index contributed by atoms with van der Waals surface area (Å²) in [5, 5.41) is 15.6. The number of nitrogens with one attached hydrogen (secondary N) is 4. The molecule has 2 aromatic heterocycles. The highest BCUT2D eigenvalue weighted by atomic mass is 14.9. The molecule has 4 aromatic carbocycles. The predicted molar refractivity (Wildman–Crippen MR) is 144 cm³/mol. The molecule has 0 atom stereocenters. The van der Waals surface area contributed by atoms with Gasteiger partial charge in [-0.05, 0) is 35.4 Å². The van der Waals surface area contributed by atoms with Crippen molar-refractivity contribution in [2.75, 3.05) is 0 Å². The van der Waals surface area contributed by atoms with E-state index in [-0.39, 0.29) is 11.7 Å². The Kier molecular flexibility index (Phi) is 4.86. The van der Waals surface area contributed by atoms with Crippen LogP contribution in [0.4, 0.5) is 0 Å². The summed E-state index contributed by atoms with van der Waals surface area (Å²) in [6, 6.07) is 27.5. The highest BCUT2D eigenvalue weighted by Crippen LogP contribution is 2.28. The average Bonchev–Trinajstić information content (AvgIpc) is 3.53. The van der Waals surface area contributed by atoms with Gasteiger partial charge in [0.25, 0.3) is 0 Å². The Morgan fingerprint density at radius 2 is 0.889 bits per heavy atom. The van der Waals surface area contributed by atoms with Crippen LogP contribution >= 0.6 is 0 Å². The third kappa shape index (κ3) is 3.57. The number of fused-ring (bicyclic) bond motifs is 2. The molecule has 0 radical (unpaired) electrons. The fourth-order valence-corrected chi connectivity index (χ4v) is 4.41. The zero-order chi connectivity index (χ0) is 24.8. The lowest BCUT2D eigenvalue weighted by molar-refractivity contribution is 1.33. The summed E-state index contributed by atoms with van der Waals surface area (Å²) in [7, 11) is 0. The number of benzene rings is 4. The number of rotatable bonds is 5. The number of aromatic nitrogens is 4. The standard InChI is InChI=1S/C28H22N8/c29-25(30)19-3-1-5-21-23(19)35-27(33-21)17-11-7-15(8-12-17)16-9-13-18(14-10-16)28-34-22-6-2-4-20(26(31)32)24(22)36-28/h1-14H,(H3,29,30)(H3,31,32)(H,33,35)(H,34,36). The van der Waals surface area contributed by atoms with Crippen molar-refractivity contribution in [2.45, 2.75) is 0 Å². The highest BCUT2D eigenvalue weighted by molar-refractivity contribution is 6.06. The van der Waals surface area contributed by atoms with Crippen LogP contribution in [0.2, 0.25) is 0 Å². The quantitative estimate of drug-likeness (QED) is 0.155. The van der Waals surface area contributed by atoms with Gasteiger partial charge in [0.2, 0.25) is 0 Å². The summed E-state index contributed by atoms with van der Waals surface area (Å²) < 4.78 is 0. The Morgan fingerprint density at radius 1 is 0.528 bits per heavy atom. The minimum absolute atomic E-state index is 0.000570. The van der Waals surface area contributed by atoms with Crippen molar-refractivity contribution in [1.82, 2.24) is 19.9 Å². The van der Waals surface area contributed by atoms with Crippen LogP contribution in [-0.4, -0.2) is 31.6 Å². The summed E-state index contributed by atoms with van der Waals surface area (Å²) in [6.45, 7) is 0. The van der Waals surface area contributed by atoms with Gasteiger partial charge in [-0.3, -0.25) is 10.8 Å². The number of nitrogen functional groups attached to an aromatic ring is 2. The van der Waals surface area contributed by atoms with Crippen LogP contribution in [0.3, 0.4) is 0 Å². The van der Waals surface area contributed by atoms with E-state index in [4.69, 9.17) is 22.3 Å². The maximum atomic E-state index is 7.78. The molecule has 0 saturated heterocycles. The molecule has 6 aromatic rings. The van der Waals surface area contributed by atoms with E-state index in [1.54, 1.807) is 12.1 Å². The molecule has 0 bridgehead atoms. The molecule has 36 heavy (non-hydrogen) atoms. The number of aromatic amines is 2. The summed E-state index contributed by atoms with van der Waals surface area (Å²) in [6.07, 6.45) is 0. The number of hydrogen-bond donors (Lipinski definition) is 6. The Labute approximate surface area is 206 Å². The van der Waals surface area contributed by atoms with Crippen LogP contribution in [0.1, 0.15) is 11.1 Å². The van der Waals surface area contributed by atoms with E-state index >= 15 is 0 Å². The van der Waals surface area contributed by atoms with Crippen LogP contribution in [-0.2, 0) is 0 Å². The third-order valence-electron chi connectivity index (χ3n) is 6.26. The Hall–Kier alpha value is -5.24. The first-order chi connectivity index (χ1) is 17.5. The molecule has 0 aliphatic carbocycles. The molecule has 0 saturated carbocycles. The Balaban J connectivity index is 1.28. The molecule has 6 rings (SSSR count). The highest BCUT2D eigenvalue weighted by Gasteiger charge is 2.12. The second-order valence-corrected chi connectivity index (χ2v) is 8.56. The van der Waals surface area contributed by atoms with Crippen LogP contribution in [0, 0.1) is 10.8 Å². The topological polar surface area (TPSA) is 157 Å². The summed E-state index contributed by atoms with van der Waals surface area (Å²) >= 11 is 0. The van der Waals surface area contributed by atoms with Gasteiger partial charge in [0.15, 0.2) is 0 Å². The molecular weight excluding hydrogens is 448 g/mol. The van der Waals surface area contributed by atoms with Gasteiger partial charge in [-0.25, -0.2) is 9.97 Å². The zero-order valence-electron chi connectivity index (χ0n) is 19.1. The molecule has 0 amide bonds. The summed E-state index contributed by atoms with van der Waals surface area (Å²) in [5.74, 6) is 1.46. The van der Waals surface area contributed by atoms with Crippen LogP contribution in [0.15, 0.2) is 84.9 Å². The smallest absolute Gasteiger partial charge is 0.138 e. The van der Waals surface area contributed by atoms with Crippen molar-refractivity contribution >= 4 is 33.7 Å². The molecule has 0 unspecified atom stereocenters. The fourth-order valence-electron chi connectivity index (χ4n) is 4.41. The molecule has 0 aliphatic heterocycles. The Morgan fingerprint density at radius 3 is 1.25 bits per heavy atom. The van der Waals surface area contributed by atoms with Gasteiger partial charge in [-0.2, -0.15) is 0 Å². The van der Waals surface area contributed by atoms with E-state index in [0.717, 1.165) is 44.9 Å². The maximum Gasteiger partial charge on any atom is 0.138 e. The van der Waals surface area contributed by atoms with Gasteiger partial charge in [0.05, 0.1) is 22.1 Å². The molecule has 8 N–H and O–H groups in total. The molecule has 0 fully saturated rings. The first-order valence-electron chi connectivity index (χ1n) is 11.4. The Bertz CT molecular complexity index is 1640. The second kappa shape index (κ2) is 8.21. The van der Waals surface area contributed by atoms with Gasteiger partial charge in [-0.1, -0.05) is 60.7 Å². The fraction of sp³-hybridized carbons (Fsp3) is 0. The van der Waals surface area contributed by atoms with Crippen molar-refractivity contribution in [3.63, 3.8) is 0 Å². The van der Waals surface area contributed by atoms with E-state index in [0.29, 0.717) is 22.2 Å². The average molecular weight is 471 g/mol. The minimum atomic E-state index is -0.000570. The molecule has 2 heterocycles. The molecular formula is C28H22N8. The number of nitrogens with zero attached hydrogens (tertiary/aromatic N) is 2. The lowest BCUT2D eigenvalue weighted by Crippen LogP contribution is -2.11. The summed E-state index contributed by atoms with van der Waals surface area (Å²) in [4.78, 5) is 16.0. The molecule has 8 heteroatoms. The largest absolute Gasteiger partial charge is 0.384 e. The van der Waals surface area contributed by atoms with Crippen molar-refractivity contribution < 1.29 is 0 Å². The SMILES string of the molecule is N=C(N)c1cccc2[nH]c(-c3ccc(-c4ccc(-c5nc6c(C(=N)N)cccc6[nH]5)cc4)cc3)nc12. The number of H-pyrrole nitrogens is 2. The van der Waals surface area contributed by atoms with Crippen molar-refractivity contribution in [3.8, 4) is 33.9 Å². The van der Waals surface area contributed by atoms with Gasteiger partial charge in [0, 0.05) is 22.3 Å². The van der Waals surface area contributed by atoms with E-state index in [1.807, 2.05) is 48.5 Å². The second-order valence-electron chi connectivity index (χ2n) is 8.56. The van der Waals surface area contributed by atoms with Crippen molar-refractivity contribution in [2.24, 2.45) is 11.5 Å². The van der Waals surface area contributed by atoms with Gasteiger partial charge in [-0.15, -0.1) is 0 Å². The monoisotopic (exact) mass is 470 g/mol. The van der Waals surface area contributed by atoms with Gasteiger partial charge in [0.1, 0.15) is 23.3 Å². The minimum Gasteiger partial charge on any atom is -0.384 e. The lowest BCUT2D eigenvalue weighted by Gasteiger charge is -2.04. The van der Waals surface area contributed by atoms with E-state index in [2.05, 4.69) is 44.2 Å². The maximum absolute atomic E-state index is 7.78. The number of hydrogen-bond acceptors (Lipinski definition) is 4. The van der Waals surface area contributed by atoms with E-state index in [9.17, 15) is 0 Å². The third-order valence-corrected chi connectivity index (χ3v) is 6.26. The van der Waals surface area contributed by atoms with Crippen LogP contribution in [0.25, 0.3) is 56.0 Å². The lowest BCUT2D eigenvalue weighted by atomic mass is 10.0. The summed E-state index contributed by atoms with van der Waals surface area (Å²) in [5.41, 5.74) is 19.8. The predicted octanol–water partition coefficient (Wildman–Crippen LogP) is 5.01. The number of imidazole rings is 2. The van der Waals surface area contributed by atoms with E-state index < -0.39 is 0 Å². The van der Waals surface area contributed by atoms with E-state index in [1.165, 1.54) is 0 Å².